The van der Waals surface area contributed by atoms with Crippen molar-refractivity contribution in [2.24, 2.45) is 0 Å². The summed E-state index contributed by atoms with van der Waals surface area (Å²) in [5.74, 6) is 0.209. The monoisotopic (exact) mass is 297 g/mol. The molecule has 1 saturated carbocycles. The number of carbonyl (C=O) groups is 1. The highest BCUT2D eigenvalue weighted by Gasteiger charge is 2.25. The van der Waals surface area contributed by atoms with Crippen LogP contribution in [0.25, 0.3) is 0 Å². The summed E-state index contributed by atoms with van der Waals surface area (Å²) in [5, 5.41) is 12.6. The second-order valence-electron chi connectivity index (χ2n) is 6.79. The lowest BCUT2D eigenvalue weighted by Gasteiger charge is -2.40. The van der Waals surface area contributed by atoms with Gasteiger partial charge in [-0.3, -0.25) is 9.69 Å². The first-order valence-electron chi connectivity index (χ1n) is 8.48. The second kappa shape index (κ2) is 8.11. The van der Waals surface area contributed by atoms with Gasteiger partial charge in [0.15, 0.2) is 0 Å². The van der Waals surface area contributed by atoms with Gasteiger partial charge in [0.05, 0.1) is 6.10 Å². The zero-order chi connectivity index (χ0) is 15.2. The predicted octanol–water partition coefficient (Wildman–Crippen LogP) is 0.822. The molecule has 1 heterocycles. The van der Waals surface area contributed by atoms with E-state index >= 15 is 0 Å². The number of β-amino-alcohol motifs (C(OH)–C–C–N with tert-alkyl or cyclic N) is 1. The summed E-state index contributed by atoms with van der Waals surface area (Å²) in [5.41, 5.74) is 0. The molecule has 122 valence electrons. The van der Waals surface area contributed by atoms with Gasteiger partial charge in [-0.2, -0.15) is 0 Å². The number of aliphatic hydroxyl groups excluding tert-OH is 1. The van der Waals surface area contributed by atoms with Crippen LogP contribution in [0.4, 0.5) is 0 Å². The molecule has 1 aliphatic heterocycles. The molecule has 0 spiro atoms. The standard InChI is InChI=1S/C16H31N3O2/c1-13-11-18(9-10-19(13)12-14(2)20)8-7-16(21)17-15-5-3-4-6-15/h13-15,20H,3-12H2,1-2H3,(H,17,21). The summed E-state index contributed by atoms with van der Waals surface area (Å²) in [6.07, 6.45) is 5.17. The van der Waals surface area contributed by atoms with Crippen molar-refractivity contribution in [2.75, 3.05) is 32.7 Å². The van der Waals surface area contributed by atoms with Crippen LogP contribution in [0.3, 0.4) is 0 Å². The lowest BCUT2D eigenvalue weighted by molar-refractivity contribution is -0.122. The van der Waals surface area contributed by atoms with E-state index in [4.69, 9.17) is 0 Å². The molecule has 0 bridgehead atoms. The normalized spacial score (nSPS) is 26.9. The van der Waals surface area contributed by atoms with Crippen LogP contribution in [-0.4, -0.2) is 71.7 Å². The number of piperazine rings is 1. The molecule has 2 unspecified atom stereocenters. The van der Waals surface area contributed by atoms with E-state index in [1.807, 2.05) is 6.92 Å². The summed E-state index contributed by atoms with van der Waals surface area (Å²) in [6, 6.07) is 0.880. The molecule has 21 heavy (non-hydrogen) atoms. The number of hydrogen-bond donors (Lipinski definition) is 2. The Morgan fingerprint density at radius 1 is 1.33 bits per heavy atom. The lowest BCUT2D eigenvalue weighted by atomic mass is 10.1. The SMILES string of the molecule is CC(O)CN1CCN(CCC(=O)NC2CCCC2)CC1C. The topological polar surface area (TPSA) is 55.8 Å². The predicted molar refractivity (Wildman–Crippen MR) is 84.2 cm³/mol. The number of nitrogens with one attached hydrogen (secondary N) is 1. The summed E-state index contributed by atoms with van der Waals surface area (Å²) < 4.78 is 0. The number of hydrogen-bond acceptors (Lipinski definition) is 4. The Morgan fingerprint density at radius 2 is 2.05 bits per heavy atom. The quantitative estimate of drug-likeness (QED) is 0.762. The Kier molecular flexibility index (Phi) is 6.45. The van der Waals surface area contributed by atoms with E-state index in [0.717, 1.165) is 45.6 Å². The summed E-state index contributed by atoms with van der Waals surface area (Å²) in [4.78, 5) is 16.7. The molecule has 2 aliphatic rings. The van der Waals surface area contributed by atoms with Crippen molar-refractivity contribution in [3.8, 4) is 0 Å². The molecule has 5 nitrogen and oxygen atoms in total. The highest BCUT2D eigenvalue weighted by Crippen LogP contribution is 2.17. The highest BCUT2D eigenvalue weighted by molar-refractivity contribution is 5.76. The van der Waals surface area contributed by atoms with E-state index in [1.165, 1.54) is 12.8 Å². The van der Waals surface area contributed by atoms with Gasteiger partial charge in [-0.05, 0) is 26.7 Å². The van der Waals surface area contributed by atoms with Crippen LogP contribution >= 0.6 is 0 Å². The van der Waals surface area contributed by atoms with Crippen LogP contribution in [-0.2, 0) is 4.79 Å². The fourth-order valence-corrected chi connectivity index (χ4v) is 3.51. The van der Waals surface area contributed by atoms with Crippen molar-refractivity contribution < 1.29 is 9.90 Å². The van der Waals surface area contributed by atoms with Crippen LogP contribution in [0.15, 0.2) is 0 Å². The van der Waals surface area contributed by atoms with Crippen molar-refractivity contribution in [1.82, 2.24) is 15.1 Å². The van der Waals surface area contributed by atoms with Gasteiger partial charge in [-0.15, -0.1) is 0 Å². The first-order chi connectivity index (χ1) is 10.0. The van der Waals surface area contributed by atoms with Gasteiger partial charge in [-0.25, -0.2) is 0 Å². The maximum absolute atomic E-state index is 12.0. The van der Waals surface area contributed by atoms with Crippen molar-refractivity contribution in [1.29, 1.82) is 0 Å². The molecule has 2 atom stereocenters. The van der Waals surface area contributed by atoms with Gasteiger partial charge in [-0.1, -0.05) is 12.8 Å². The maximum Gasteiger partial charge on any atom is 0.221 e. The third-order valence-electron chi connectivity index (χ3n) is 4.72. The van der Waals surface area contributed by atoms with E-state index in [9.17, 15) is 9.90 Å². The molecule has 2 N–H and O–H groups in total. The zero-order valence-corrected chi connectivity index (χ0v) is 13.6. The first kappa shape index (κ1) is 16.7. The van der Waals surface area contributed by atoms with Crippen molar-refractivity contribution >= 4 is 5.91 Å². The fourth-order valence-electron chi connectivity index (χ4n) is 3.51. The van der Waals surface area contributed by atoms with Crippen LogP contribution in [0.1, 0.15) is 46.0 Å². The van der Waals surface area contributed by atoms with Gasteiger partial charge in [0, 0.05) is 51.2 Å². The van der Waals surface area contributed by atoms with E-state index in [2.05, 4.69) is 22.0 Å². The molecule has 0 radical (unpaired) electrons. The Balaban J connectivity index is 1.64. The maximum atomic E-state index is 12.0. The average molecular weight is 297 g/mol. The minimum Gasteiger partial charge on any atom is -0.392 e. The third-order valence-corrected chi connectivity index (χ3v) is 4.72. The summed E-state index contributed by atoms with van der Waals surface area (Å²) in [7, 11) is 0. The summed E-state index contributed by atoms with van der Waals surface area (Å²) >= 11 is 0. The van der Waals surface area contributed by atoms with E-state index < -0.39 is 0 Å². The molecule has 2 fully saturated rings. The molecule has 1 aliphatic carbocycles. The van der Waals surface area contributed by atoms with Crippen molar-refractivity contribution in [2.45, 2.75) is 64.1 Å². The number of nitrogens with zero attached hydrogens (tertiary/aromatic N) is 2. The van der Waals surface area contributed by atoms with Crippen molar-refractivity contribution in [3.05, 3.63) is 0 Å². The first-order valence-corrected chi connectivity index (χ1v) is 8.48. The van der Waals surface area contributed by atoms with E-state index in [-0.39, 0.29) is 12.0 Å². The Hall–Kier alpha value is -0.650. The molecule has 1 amide bonds. The van der Waals surface area contributed by atoms with Crippen LogP contribution in [0, 0.1) is 0 Å². The van der Waals surface area contributed by atoms with E-state index in [1.54, 1.807) is 0 Å². The average Bonchev–Trinajstić information content (AvgIpc) is 2.91. The highest BCUT2D eigenvalue weighted by atomic mass is 16.3. The number of rotatable bonds is 6. The van der Waals surface area contributed by atoms with Crippen LogP contribution in [0.2, 0.25) is 0 Å². The zero-order valence-electron chi connectivity index (χ0n) is 13.6. The molecule has 0 aromatic carbocycles. The molecule has 1 saturated heterocycles. The molecule has 2 rings (SSSR count). The van der Waals surface area contributed by atoms with Gasteiger partial charge in [0.2, 0.25) is 5.91 Å². The fraction of sp³-hybridized carbons (Fsp3) is 0.938. The largest absolute Gasteiger partial charge is 0.392 e. The lowest BCUT2D eigenvalue weighted by Crippen LogP contribution is -2.53. The van der Waals surface area contributed by atoms with Crippen LogP contribution < -0.4 is 5.32 Å². The summed E-state index contributed by atoms with van der Waals surface area (Å²) in [6.45, 7) is 8.61. The number of amides is 1. The molecule has 0 aromatic heterocycles. The Labute approximate surface area is 128 Å². The smallest absolute Gasteiger partial charge is 0.221 e. The number of aliphatic hydroxyl groups is 1. The van der Waals surface area contributed by atoms with Gasteiger partial charge >= 0.3 is 0 Å². The molecular weight excluding hydrogens is 266 g/mol. The molecule has 0 aromatic rings. The van der Waals surface area contributed by atoms with Gasteiger partial charge in [0.25, 0.3) is 0 Å². The Bertz CT molecular complexity index is 329. The number of carbonyl (C=O) groups excluding carboxylic acids is 1. The molecular formula is C16H31N3O2. The van der Waals surface area contributed by atoms with Crippen LogP contribution in [0.5, 0.6) is 0 Å². The second-order valence-corrected chi connectivity index (χ2v) is 6.79. The molecule has 5 heteroatoms. The minimum absolute atomic E-state index is 0.209. The van der Waals surface area contributed by atoms with Gasteiger partial charge < -0.3 is 15.3 Å². The van der Waals surface area contributed by atoms with E-state index in [0.29, 0.717) is 18.5 Å². The minimum atomic E-state index is -0.267. The van der Waals surface area contributed by atoms with Crippen molar-refractivity contribution in [3.63, 3.8) is 0 Å². The Morgan fingerprint density at radius 3 is 2.67 bits per heavy atom. The van der Waals surface area contributed by atoms with Gasteiger partial charge in [0.1, 0.15) is 0 Å². The third kappa shape index (κ3) is 5.57.